The van der Waals surface area contributed by atoms with Gasteiger partial charge >= 0.3 is 0 Å². The molecular weight excluding hydrogens is 325 g/mol. The molecule has 1 atom stereocenters. The van der Waals surface area contributed by atoms with E-state index in [2.05, 4.69) is 15.9 Å². The van der Waals surface area contributed by atoms with Gasteiger partial charge in [-0.1, -0.05) is 34.1 Å². The molecule has 0 aliphatic heterocycles. The summed E-state index contributed by atoms with van der Waals surface area (Å²) in [6.07, 6.45) is 2.51. The lowest BCUT2D eigenvalue weighted by Gasteiger charge is -2.16. The number of hydrogen-bond acceptors (Lipinski definition) is 2. The second-order valence-corrected chi connectivity index (χ2v) is 6.05. The fourth-order valence-electron chi connectivity index (χ4n) is 2.02. The maximum Gasteiger partial charge on any atom is 0.126 e. The van der Waals surface area contributed by atoms with Gasteiger partial charge in [0.2, 0.25) is 0 Å². The summed E-state index contributed by atoms with van der Waals surface area (Å²) < 4.78 is 14.6. The van der Waals surface area contributed by atoms with Crippen LogP contribution in [0.1, 0.15) is 17.2 Å². The standard InChI is InChI=1S/C15H15BrFNS/c1-19-15-5-3-2-4-12(15)14(18)9-10-8-11(16)6-7-13(10)17/h2-8,14H,9,18H2,1H3. The molecule has 2 rings (SSSR count). The summed E-state index contributed by atoms with van der Waals surface area (Å²) >= 11 is 5.02. The molecule has 0 aromatic heterocycles. The third-order valence-electron chi connectivity index (χ3n) is 2.99. The molecule has 2 aromatic rings. The maximum absolute atomic E-state index is 13.7. The van der Waals surface area contributed by atoms with E-state index in [4.69, 9.17) is 5.73 Å². The molecule has 0 heterocycles. The molecule has 0 aliphatic rings. The summed E-state index contributed by atoms with van der Waals surface area (Å²) in [7, 11) is 0. The minimum atomic E-state index is -0.208. The quantitative estimate of drug-likeness (QED) is 0.826. The topological polar surface area (TPSA) is 26.0 Å². The second-order valence-electron chi connectivity index (χ2n) is 4.29. The molecule has 1 unspecified atom stereocenters. The van der Waals surface area contributed by atoms with Crippen LogP contribution in [0.15, 0.2) is 51.8 Å². The van der Waals surface area contributed by atoms with Crippen molar-refractivity contribution in [3.8, 4) is 0 Å². The Morgan fingerprint density at radius 1 is 1.26 bits per heavy atom. The Kier molecular flexibility index (Phi) is 5.02. The van der Waals surface area contributed by atoms with Crippen LogP contribution in [0, 0.1) is 5.82 Å². The van der Waals surface area contributed by atoms with Crippen LogP contribution in [0.2, 0.25) is 0 Å². The van der Waals surface area contributed by atoms with Crippen molar-refractivity contribution in [3.05, 3.63) is 63.9 Å². The molecule has 0 saturated heterocycles. The number of rotatable bonds is 4. The fourth-order valence-corrected chi connectivity index (χ4v) is 3.10. The zero-order chi connectivity index (χ0) is 13.8. The highest BCUT2D eigenvalue weighted by molar-refractivity contribution is 9.10. The lowest BCUT2D eigenvalue weighted by molar-refractivity contribution is 0.591. The highest BCUT2D eigenvalue weighted by Gasteiger charge is 2.13. The van der Waals surface area contributed by atoms with Gasteiger partial charge in [-0.05, 0) is 48.1 Å². The molecule has 0 radical (unpaired) electrons. The smallest absolute Gasteiger partial charge is 0.126 e. The molecule has 0 fully saturated rings. The number of halogens is 2. The Balaban J connectivity index is 2.25. The number of benzene rings is 2. The van der Waals surface area contributed by atoms with E-state index in [-0.39, 0.29) is 11.9 Å². The minimum Gasteiger partial charge on any atom is -0.324 e. The average Bonchev–Trinajstić information content (AvgIpc) is 2.42. The molecule has 0 saturated carbocycles. The van der Waals surface area contributed by atoms with Gasteiger partial charge in [0.25, 0.3) is 0 Å². The molecule has 19 heavy (non-hydrogen) atoms. The van der Waals surface area contributed by atoms with Gasteiger partial charge in [0.05, 0.1) is 0 Å². The lowest BCUT2D eigenvalue weighted by atomic mass is 9.99. The number of thioether (sulfide) groups is 1. The molecule has 0 aliphatic carbocycles. The Labute approximate surface area is 125 Å². The van der Waals surface area contributed by atoms with Crippen LogP contribution in [-0.2, 0) is 6.42 Å². The van der Waals surface area contributed by atoms with E-state index < -0.39 is 0 Å². The molecule has 100 valence electrons. The minimum absolute atomic E-state index is 0.201. The summed E-state index contributed by atoms with van der Waals surface area (Å²) in [6, 6.07) is 12.7. The second kappa shape index (κ2) is 6.55. The number of hydrogen-bond donors (Lipinski definition) is 1. The van der Waals surface area contributed by atoms with E-state index in [0.717, 1.165) is 14.9 Å². The van der Waals surface area contributed by atoms with Crippen molar-refractivity contribution in [1.29, 1.82) is 0 Å². The Morgan fingerprint density at radius 2 is 2.00 bits per heavy atom. The zero-order valence-electron chi connectivity index (χ0n) is 10.6. The van der Waals surface area contributed by atoms with Crippen molar-refractivity contribution in [3.63, 3.8) is 0 Å². The van der Waals surface area contributed by atoms with Crippen molar-refractivity contribution in [2.45, 2.75) is 17.4 Å². The Bertz CT molecular complexity index is 574. The van der Waals surface area contributed by atoms with Gasteiger partial charge in [-0.15, -0.1) is 11.8 Å². The van der Waals surface area contributed by atoms with Crippen molar-refractivity contribution >= 4 is 27.7 Å². The normalized spacial score (nSPS) is 12.4. The van der Waals surface area contributed by atoms with Crippen molar-refractivity contribution < 1.29 is 4.39 Å². The Morgan fingerprint density at radius 3 is 2.74 bits per heavy atom. The van der Waals surface area contributed by atoms with Gasteiger partial charge in [0.15, 0.2) is 0 Å². The highest BCUT2D eigenvalue weighted by Crippen LogP contribution is 2.27. The van der Waals surface area contributed by atoms with E-state index in [1.54, 1.807) is 23.9 Å². The van der Waals surface area contributed by atoms with Gasteiger partial charge in [-0.25, -0.2) is 4.39 Å². The summed E-state index contributed by atoms with van der Waals surface area (Å²) in [5, 5.41) is 0. The molecule has 2 aromatic carbocycles. The summed E-state index contributed by atoms with van der Waals surface area (Å²) in [4.78, 5) is 1.14. The molecule has 4 heteroatoms. The van der Waals surface area contributed by atoms with Crippen LogP contribution in [0.25, 0.3) is 0 Å². The van der Waals surface area contributed by atoms with Crippen LogP contribution in [-0.4, -0.2) is 6.26 Å². The van der Waals surface area contributed by atoms with E-state index >= 15 is 0 Å². The van der Waals surface area contributed by atoms with Crippen LogP contribution in [0.4, 0.5) is 4.39 Å². The van der Waals surface area contributed by atoms with E-state index in [1.807, 2.05) is 30.5 Å². The third kappa shape index (κ3) is 3.59. The first-order valence-electron chi connectivity index (χ1n) is 5.94. The van der Waals surface area contributed by atoms with Crippen LogP contribution in [0.5, 0.6) is 0 Å². The van der Waals surface area contributed by atoms with Crippen LogP contribution < -0.4 is 5.73 Å². The van der Waals surface area contributed by atoms with Crippen molar-refractivity contribution in [2.75, 3.05) is 6.26 Å². The molecule has 1 nitrogen and oxygen atoms in total. The molecule has 2 N–H and O–H groups in total. The summed E-state index contributed by atoms with van der Waals surface area (Å²) in [5.41, 5.74) is 7.93. The summed E-state index contributed by atoms with van der Waals surface area (Å²) in [6.45, 7) is 0. The third-order valence-corrected chi connectivity index (χ3v) is 4.29. The zero-order valence-corrected chi connectivity index (χ0v) is 13.0. The van der Waals surface area contributed by atoms with Crippen molar-refractivity contribution in [1.82, 2.24) is 0 Å². The van der Waals surface area contributed by atoms with Gasteiger partial charge in [-0.3, -0.25) is 0 Å². The molecule has 0 amide bonds. The maximum atomic E-state index is 13.7. The molecule has 0 bridgehead atoms. The predicted molar refractivity (Wildman–Crippen MR) is 83.0 cm³/mol. The molecule has 0 spiro atoms. The van der Waals surface area contributed by atoms with Crippen LogP contribution in [0.3, 0.4) is 0 Å². The highest BCUT2D eigenvalue weighted by atomic mass is 79.9. The van der Waals surface area contributed by atoms with E-state index in [9.17, 15) is 4.39 Å². The fraction of sp³-hybridized carbons (Fsp3) is 0.200. The SMILES string of the molecule is CSc1ccccc1C(N)Cc1cc(Br)ccc1F. The van der Waals surface area contributed by atoms with Gasteiger partial charge in [-0.2, -0.15) is 0 Å². The predicted octanol–water partition coefficient (Wildman–Crippen LogP) is 4.55. The van der Waals surface area contributed by atoms with E-state index in [1.165, 1.54) is 6.07 Å². The van der Waals surface area contributed by atoms with Gasteiger partial charge in [0, 0.05) is 15.4 Å². The van der Waals surface area contributed by atoms with Crippen LogP contribution >= 0.6 is 27.7 Å². The van der Waals surface area contributed by atoms with Gasteiger partial charge in [0.1, 0.15) is 5.82 Å². The first kappa shape index (κ1) is 14.6. The lowest BCUT2D eigenvalue weighted by Crippen LogP contribution is -2.15. The summed E-state index contributed by atoms with van der Waals surface area (Å²) in [5.74, 6) is -0.208. The number of nitrogens with two attached hydrogens (primary N) is 1. The monoisotopic (exact) mass is 339 g/mol. The Hall–Kier alpha value is -0.840. The van der Waals surface area contributed by atoms with Crippen molar-refractivity contribution in [2.24, 2.45) is 5.73 Å². The average molecular weight is 340 g/mol. The van der Waals surface area contributed by atoms with Gasteiger partial charge < -0.3 is 5.73 Å². The first-order chi connectivity index (χ1) is 9.11. The van der Waals surface area contributed by atoms with E-state index in [0.29, 0.717) is 12.0 Å². The first-order valence-corrected chi connectivity index (χ1v) is 7.96. The largest absolute Gasteiger partial charge is 0.324 e. The molecular formula is C15H15BrFNS.